The Bertz CT molecular complexity index is 720. The van der Waals surface area contributed by atoms with Gasteiger partial charge in [0.25, 0.3) is 5.56 Å². The highest BCUT2D eigenvalue weighted by molar-refractivity contribution is 7.71. The smallest absolute Gasteiger partial charge is 0.341 e. The average molecular weight is 272 g/mol. The predicted octanol–water partition coefficient (Wildman–Crippen LogP) is -1.14. The molecule has 10 heteroatoms. The monoisotopic (exact) mass is 272 g/mol. The second kappa shape index (κ2) is 5.40. The van der Waals surface area contributed by atoms with Crippen molar-refractivity contribution in [3.8, 4) is 0 Å². The SMILES string of the molecule is CC(=O)N(C)C.O=c1[nH]c(=O)c2n[nH]c(=S)n2[nH]1. The van der Waals surface area contributed by atoms with Crippen molar-refractivity contribution in [1.82, 2.24) is 29.7 Å². The highest BCUT2D eigenvalue weighted by atomic mass is 32.1. The van der Waals surface area contributed by atoms with Crippen molar-refractivity contribution in [2.24, 2.45) is 0 Å². The van der Waals surface area contributed by atoms with Crippen LogP contribution in [0.3, 0.4) is 0 Å². The standard InChI is InChI=1S/C4H3N5O2S.C4H9NO/c10-2-1-6-7-4(12)9(1)8-3(11)5-2;1-4(6)5(2)3/h(H,7,12)(H2,5,8,10,11);1-3H3. The summed E-state index contributed by atoms with van der Waals surface area (Å²) in [4.78, 5) is 35.3. The summed E-state index contributed by atoms with van der Waals surface area (Å²) in [6, 6.07) is 0. The van der Waals surface area contributed by atoms with E-state index >= 15 is 0 Å². The van der Waals surface area contributed by atoms with Gasteiger partial charge in [-0.15, -0.1) is 5.10 Å². The summed E-state index contributed by atoms with van der Waals surface area (Å²) in [5, 5.41) is 8.25. The molecule has 0 saturated heterocycles. The Morgan fingerprint density at radius 2 is 1.94 bits per heavy atom. The lowest BCUT2D eigenvalue weighted by molar-refractivity contribution is -0.126. The van der Waals surface area contributed by atoms with E-state index in [1.54, 1.807) is 14.1 Å². The zero-order valence-electron chi connectivity index (χ0n) is 9.97. The number of carbonyl (C=O) groups excluding carboxylic acids is 1. The first-order valence-corrected chi connectivity index (χ1v) is 5.21. The number of rotatable bonds is 0. The molecule has 1 amide bonds. The minimum atomic E-state index is -0.620. The molecule has 2 aromatic heterocycles. The van der Waals surface area contributed by atoms with Gasteiger partial charge in [-0.1, -0.05) is 0 Å². The Morgan fingerprint density at radius 1 is 1.39 bits per heavy atom. The third kappa shape index (κ3) is 3.13. The maximum atomic E-state index is 11.0. The average Bonchev–Trinajstić information content (AvgIpc) is 2.61. The zero-order valence-corrected chi connectivity index (χ0v) is 10.8. The van der Waals surface area contributed by atoms with Crippen LogP contribution in [0.1, 0.15) is 6.92 Å². The van der Waals surface area contributed by atoms with E-state index in [0.717, 1.165) is 4.52 Å². The Labute approximate surface area is 105 Å². The largest absolute Gasteiger partial charge is 0.349 e. The molecular formula is C8H12N6O3S. The maximum Gasteiger partial charge on any atom is 0.341 e. The minimum Gasteiger partial charge on any atom is -0.349 e. The molecular weight excluding hydrogens is 260 g/mol. The van der Waals surface area contributed by atoms with Crippen LogP contribution in [-0.2, 0) is 4.79 Å². The normalized spacial score (nSPS) is 9.72. The topological polar surface area (TPSA) is 119 Å². The zero-order chi connectivity index (χ0) is 13.9. The van der Waals surface area contributed by atoms with Gasteiger partial charge in [0.2, 0.25) is 16.3 Å². The lowest BCUT2D eigenvalue weighted by Crippen LogP contribution is -2.25. The third-order valence-electron chi connectivity index (χ3n) is 1.95. The number of aromatic amines is 3. The number of hydrogen-bond donors (Lipinski definition) is 3. The lowest BCUT2D eigenvalue weighted by Gasteiger charge is -2.02. The number of H-pyrrole nitrogens is 3. The maximum absolute atomic E-state index is 11.0. The van der Waals surface area contributed by atoms with Crippen molar-refractivity contribution in [3.63, 3.8) is 0 Å². The van der Waals surface area contributed by atoms with Gasteiger partial charge in [0.1, 0.15) is 0 Å². The van der Waals surface area contributed by atoms with Crippen LogP contribution in [0.2, 0.25) is 0 Å². The van der Waals surface area contributed by atoms with Crippen LogP contribution < -0.4 is 11.2 Å². The highest BCUT2D eigenvalue weighted by Gasteiger charge is 2.01. The first-order chi connectivity index (χ1) is 8.32. The molecule has 3 N–H and O–H groups in total. The summed E-state index contributed by atoms with van der Waals surface area (Å²) in [6.07, 6.45) is 0. The van der Waals surface area contributed by atoms with Crippen LogP contribution in [-0.4, -0.2) is 49.7 Å². The van der Waals surface area contributed by atoms with Crippen molar-refractivity contribution in [1.29, 1.82) is 0 Å². The minimum absolute atomic E-state index is 0.0413. The van der Waals surface area contributed by atoms with Gasteiger partial charge in [-0.05, 0) is 12.2 Å². The molecule has 0 unspecified atom stereocenters. The number of amides is 1. The van der Waals surface area contributed by atoms with E-state index in [0.29, 0.717) is 0 Å². The fourth-order valence-corrected chi connectivity index (χ4v) is 1.02. The molecule has 0 aliphatic rings. The molecule has 2 aromatic rings. The molecule has 0 aliphatic carbocycles. The lowest BCUT2D eigenvalue weighted by atomic mass is 10.7. The molecule has 0 saturated carbocycles. The van der Waals surface area contributed by atoms with E-state index in [2.05, 4.69) is 15.3 Å². The molecule has 9 nitrogen and oxygen atoms in total. The molecule has 0 aromatic carbocycles. The molecule has 2 rings (SSSR count). The van der Waals surface area contributed by atoms with Crippen LogP contribution in [0, 0.1) is 4.77 Å². The Balaban J connectivity index is 0.000000232. The number of nitrogens with one attached hydrogen (secondary N) is 3. The molecule has 2 heterocycles. The van der Waals surface area contributed by atoms with Gasteiger partial charge in [-0.2, -0.15) is 4.52 Å². The molecule has 0 aliphatic heterocycles. The number of carbonyl (C=O) groups is 1. The fourth-order valence-electron chi connectivity index (χ4n) is 0.842. The van der Waals surface area contributed by atoms with Crippen LogP contribution in [0.4, 0.5) is 0 Å². The Morgan fingerprint density at radius 3 is 2.44 bits per heavy atom. The first-order valence-electron chi connectivity index (χ1n) is 4.80. The van der Waals surface area contributed by atoms with Crippen LogP contribution in [0.15, 0.2) is 9.59 Å². The molecule has 0 atom stereocenters. The summed E-state index contributed by atoms with van der Waals surface area (Å²) in [5.74, 6) is 0.0926. The quantitative estimate of drug-likeness (QED) is 0.524. The van der Waals surface area contributed by atoms with E-state index in [1.807, 2.05) is 4.98 Å². The van der Waals surface area contributed by atoms with Crippen LogP contribution in [0.5, 0.6) is 0 Å². The van der Waals surface area contributed by atoms with E-state index in [9.17, 15) is 14.4 Å². The number of fused-ring (bicyclic) bond motifs is 1. The van der Waals surface area contributed by atoms with E-state index in [4.69, 9.17) is 12.2 Å². The van der Waals surface area contributed by atoms with Gasteiger partial charge in [0.15, 0.2) is 0 Å². The predicted molar refractivity (Wildman–Crippen MR) is 66.0 cm³/mol. The summed E-state index contributed by atoms with van der Waals surface area (Å²) in [7, 11) is 3.45. The van der Waals surface area contributed by atoms with E-state index < -0.39 is 11.2 Å². The highest BCUT2D eigenvalue weighted by Crippen LogP contribution is 1.84. The second-order valence-corrected chi connectivity index (χ2v) is 3.88. The number of hydrogen-bond acceptors (Lipinski definition) is 5. The molecule has 18 heavy (non-hydrogen) atoms. The van der Waals surface area contributed by atoms with E-state index in [1.165, 1.54) is 11.8 Å². The van der Waals surface area contributed by atoms with Crippen molar-refractivity contribution >= 4 is 23.8 Å². The summed E-state index contributed by atoms with van der Waals surface area (Å²) in [5.41, 5.74) is -1.16. The van der Waals surface area contributed by atoms with Gasteiger partial charge < -0.3 is 4.90 Å². The van der Waals surface area contributed by atoms with Gasteiger partial charge in [0, 0.05) is 21.0 Å². The van der Waals surface area contributed by atoms with Crippen molar-refractivity contribution in [3.05, 3.63) is 25.6 Å². The van der Waals surface area contributed by atoms with Crippen LogP contribution in [0.25, 0.3) is 5.65 Å². The van der Waals surface area contributed by atoms with E-state index in [-0.39, 0.29) is 16.3 Å². The molecule has 0 fully saturated rings. The van der Waals surface area contributed by atoms with Gasteiger partial charge >= 0.3 is 5.69 Å². The first kappa shape index (κ1) is 13.8. The van der Waals surface area contributed by atoms with Gasteiger partial charge in [-0.25, -0.2) is 15.0 Å². The van der Waals surface area contributed by atoms with Crippen molar-refractivity contribution < 1.29 is 4.79 Å². The van der Waals surface area contributed by atoms with Crippen LogP contribution >= 0.6 is 12.2 Å². The van der Waals surface area contributed by atoms with Crippen molar-refractivity contribution in [2.75, 3.05) is 14.1 Å². The second-order valence-electron chi connectivity index (χ2n) is 3.50. The molecule has 0 spiro atoms. The van der Waals surface area contributed by atoms with Gasteiger partial charge in [-0.3, -0.25) is 14.6 Å². The van der Waals surface area contributed by atoms with Gasteiger partial charge in [0.05, 0.1) is 0 Å². The molecule has 0 radical (unpaired) electrons. The Hall–Kier alpha value is -2.23. The Kier molecular flexibility index (Phi) is 4.15. The third-order valence-corrected chi connectivity index (χ3v) is 2.22. The summed E-state index contributed by atoms with van der Waals surface area (Å²) < 4.78 is 1.28. The number of aromatic nitrogens is 5. The molecule has 98 valence electrons. The number of nitrogens with zero attached hydrogens (tertiary/aromatic N) is 3. The van der Waals surface area contributed by atoms with Crippen molar-refractivity contribution in [2.45, 2.75) is 6.92 Å². The summed E-state index contributed by atoms with van der Waals surface area (Å²) in [6.45, 7) is 1.53. The molecule has 0 bridgehead atoms. The summed E-state index contributed by atoms with van der Waals surface area (Å²) >= 11 is 4.73. The fraction of sp³-hybridized carbons (Fsp3) is 0.375.